The molecule has 100 valence electrons. The maximum absolute atomic E-state index is 10.9. The van der Waals surface area contributed by atoms with Gasteiger partial charge in [0, 0.05) is 6.04 Å². The van der Waals surface area contributed by atoms with E-state index in [-0.39, 0.29) is 11.7 Å². The second-order valence-electron chi connectivity index (χ2n) is 4.58. The Labute approximate surface area is 108 Å². The van der Waals surface area contributed by atoms with Crippen molar-refractivity contribution in [2.45, 2.75) is 32.7 Å². The summed E-state index contributed by atoms with van der Waals surface area (Å²) < 4.78 is 0. The predicted molar refractivity (Wildman–Crippen MR) is 72.3 cm³/mol. The number of hydrogen-bond acceptors (Lipinski definition) is 3. The lowest BCUT2D eigenvalue weighted by Crippen LogP contribution is -2.39. The normalized spacial score (nSPS) is 12.6. The third-order valence-electron chi connectivity index (χ3n) is 3.18. The Morgan fingerprint density at radius 3 is 2.50 bits per heavy atom. The number of aromatic hydroxyl groups is 1. The molecular formula is C14H22N2O2. The SMILES string of the molecule is CCN(CC(N)=O)C(C)CCc1ccc(O)cc1. The smallest absolute Gasteiger partial charge is 0.231 e. The first kappa shape index (κ1) is 14.5. The van der Waals surface area contributed by atoms with E-state index in [1.54, 1.807) is 12.1 Å². The van der Waals surface area contributed by atoms with Gasteiger partial charge >= 0.3 is 0 Å². The molecule has 0 aliphatic carbocycles. The number of carbonyl (C=O) groups is 1. The number of hydrogen-bond donors (Lipinski definition) is 2. The number of carbonyl (C=O) groups excluding carboxylic acids is 1. The monoisotopic (exact) mass is 250 g/mol. The molecule has 0 aromatic heterocycles. The molecule has 0 saturated carbocycles. The van der Waals surface area contributed by atoms with E-state index in [4.69, 9.17) is 5.73 Å². The lowest BCUT2D eigenvalue weighted by atomic mass is 10.0. The number of rotatable bonds is 7. The summed E-state index contributed by atoms with van der Waals surface area (Å²) in [5.41, 5.74) is 6.41. The number of amides is 1. The fourth-order valence-electron chi connectivity index (χ4n) is 2.00. The third kappa shape index (κ3) is 4.75. The Hall–Kier alpha value is -1.55. The van der Waals surface area contributed by atoms with Gasteiger partial charge in [-0.2, -0.15) is 0 Å². The van der Waals surface area contributed by atoms with Crippen molar-refractivity contribution in [2.24, 2.45) is 5.73 Å². The lowest BCUT2D eigenvalue weighted by molar-refractivity contribution is -0.119. The fourth-order valence-corrected chi connectivity index (χ4v) is 2.00. The van der Waals surface area contributed by atoms with Crippen LogP contribution in [0.15, 0.2) is 24.3 Å². The predicted octanol–water partition coefficient (Wildman–Crippen LogP) is 1.52. The van der Waals surface area contributed by atoms with Crippen LogP contribution >= 0.6 is 0 Å². The van der Waals surface area contributed by atoms with E-state index in [9.17, 15) is 9.90 Å². The molecule has 1 rings (SSSR count). The average Bonchev–Trinajstić information content (AvgIpc) is 2.34. The first-order valence-electron chi connectivity index (χ1n) is 6.33. The number of benzene rings is 1. The van der Waals surface area contributed by atoms with Gasteiger partial charge in [-0.15, -0.1) is 0 Å². The largest absolute Gasteiger partial charge is 0.508 e. The summed E-state index contributed by atoms with van der Waals surface area (Å²) >= 11 is 0. The van der Waals surface area contributed by atoms with Crippen molar-refractivity contribution in [2.75, 3.05) is 13.1 Å². The molecule has 1 aromatic carbocycles. The van der Waals surface area contributed by atoms with Crippen molar-refractivity contribution in [1.29, 1.82) is 0 Å². The summed E-state index contributed by atoms with van der Waals surface area (Å²) in [6.07, 6.45) is 1.89. The number of nitrogens with two attached hydrogens (primary N) is 1. The molecule has 4 heteroatoms. The second-order valence-corrected chi connectivity index (χ2v) is 4.58. The van der Waals surface area contributed by atoms with Crippen molar-refractivity contribution in [3.63, 3.8) is 0 Å². The summed E-state index contributed by atoms with van der Waals surface area (Å²) in [4.78, 5) is 13.0. The fraction of sp³-hybridized carbons (Fsp3) is 0.500. The van der Waals surface area contributed by atoms with Crippen LogP contribution in [0, 0.1) is 0 Å². The lowest BCUT2D eigenvalue weighted by Gasteiger charge is -2.26. The molecule has 0 spiro atoms. The molecule has 1 unspecified atom stereocenters. The van der Waals surface area contributed by atoms with Gasteiger partial charge in [0.1, 0.15) is 5.75 Å². The minimum absolute atomic E-state index is 0.284. The molecule has 1 aromatic rings. The summed E-state index contributed by atoms with van der Waals surface area (Å²) in [7, 11) is 0. The highest BCUT2D eigenvalue weighted by Gasteiger charge is 2.13. The molecule has 1 atom stereocenters. The minimum Gasteiger partial charge on any atom is -0.508 e. The maximum Gasteiger partial charge on any atom is 0.231 e. The number of primary amides is 1. The van der Waals surface area contributed by atoms with E-state index in [1.165, 1.54) is 5.56 Å². The third-order valence-corrected chi connectivity index (χ3v) is 3.18. The topological polar surface area (TPSA) is 66.6 Å². The number of aryl methyl sites for hydroxylation is 1. The van der Waals surface area contributed by atoms with Crippen LogP contribution in [0.25, 0.3) is 0 Å². The number of likely N-dealkylation sites (N-methyl/N-ethyl adjacent to an activating group) is 1. The Balaban J connectivity index is 2.46. The summed E-state index contributed by atoms with van der Waals surface area (Å²) in [5, 5.41) is 9.20. The van der Waals surface area contributed by atoms with Gasteiger partial charge in [-0.1, -0.05) is 19.1 Å². The van der Waals surface area contributed by atoms with Crippen molar-refractivity contribution >= 4 is 5.91 Å². The molecule has 0 aliphatic heterocycles. The van der Waals surface area contributed by atoms with Crippen LogP contribution in [0.4, 0.5) is 0 Å². The van der Waals surface area contributed by atoms with Crippen LogP contribution in [0.5, 0.6) is 5.75 Å². The van der Waals surface area contributed by atoms with Gasteiger partial charge < -0.3 is 10.8 Å². The van der Waals surface area contributed by atoms with Gasteiger partial charge in [-0.25, -0.2) is 0 Å². The molecular weight excluding hydrogens is 228 g/mol. The van der Waals surface area contributed by atoms with E-state index >= 15 is 0 Å². The summed E-state index contributed by atoms with van der Waals surface area (Å²) in [6, 6.07) is 7.55. The molecule has 0 radical (unpaired) electrons. The average molecular weight is 250 g/mol. The van der Waals surface area contributed by atoms with Crippen molar-refractivity contribution < 1.29 is 9.90 Å². The Bertz CT molecular complexity index is 376. The molecule has 3 N–H and O–H groups in total. The zero-order valence-electron chi connectivity index (χ0n) is 11.1. The van der Waals surface area contributed by atoms with Gasteiger partial charge in [0.15, 0.2) is 0 Å². The highest BCUT2D eigenvalue weighted by atomic mass is 16.3. The van der Waals surface area contributed by atoms with Gasteiger partial charge in [0.25, 0.3) is 0 Å². The number of phenolic OH excluding ortho intramolecular Hbond substituents is 1. The van der Waals surface area contributed by atoms with Crippen LogP contribution in [0.2, 0.25) is 0 Å². The summed E-state index contributed by atoms with van der Waals surface area (Å²) in [5.74, 6) is 0.00375. The highest BCUT2D eigenvalue weighted by molar-refractivity contribution is 5.75. The van der Waals surface area contributed by atoms with E-state index < -0.39 is 0 Å². The highest BCUT2D eigenvalue weighted by Crippen LogP contribution is 2.13. The Morgan fingerprint density at radius 1 is 1.39 bits per heavy atom. The van der Waals surface area contributed by atoms with Crippen molar-refractivity contribution in [3.8, 4) is 5.75 Å². The molecule has 0 saturated heterocycles. The zero-order chi connectivity index (χ0) is 13.5. The van der Waals surface area contributed by atoms with Gasteiger partial charge in [0.2, 0.25) is 5.91 Å². The quantitative estimate of drug-likeness (QED) is 0.771. The van der Waals surface area contributed by atoms with Gasteiger partial charge in [-0.05, 0) is 44.0 Å². The molecule has 0 fully saturated rings. The minimum atomic E-state index is -0.284. The Kier molecular flexibility index (Phi) is 5.65. The number of nitrogens with zero attached hydrogens (tertiary/aromatic N) is 1. The zero-order valence-corrected chi connectivity index (χ0v) is 11.1. The second kappa shape index (κ2) is 7.01. The van der Waals surface area contributed by atoms with Crippen LogP contribution in [0.3, 0.4) is 0 Å². The molecule has 4 nitrogen and oxygen atoms in total. The van der Waals surface area contributed by atoms with E-state index in [0.717, 1.165) is 19.4 Å². The van der Waals surface area contributed by atoms with E-state index in [1.807, 2.05) is 19.1 Å². The van der Waals surface area contributed by atoms with E-state index in [2.05, 4.69) is 11.8 Å². The van der Waals surface area contributed by atoms with Crippen LogP contribution < -0.4 is 5.73 Å². The van der Waals surface area contributed by atoms with Crippen molar-refractivity contribution in [3.05, 3.63) is 29.8 Å². The van der Waals surface area contributed by atoms with Crippen LogP contribution in [-0.4, -0.2) is 35.0 Å². The molecule has 0 bridgehead atoms. The first-order chi connectivity index (χ1) is 8.52. The first-order valence-corrected chi connectivity index (χ1v) is 6.33. The molecule has 18 heavy (non-hydrogen) atoms. The van der Waals surface area contributed by atoms with E-state index in [0.29, 0.717) is 12.6 Å². The molecule has 0 heterocycles. The maximum atomic E-state index is 10.9. The summed E-state index contributed by atoms with van der Waals surface area (Å²) in [6.45, 7) is 5.26. The molecule has 0 aliphatic rings. The van der Waals surface area contributed by atoms with Crippen LogP contribution in [-0.2, 0) is 11.2 Å². The van der Waals surface area contributed by atoms with Gasteiger partial charge in [0.05, 0.1) is 6.54 Å². The van der Waals surface area contributed by atoms with Crippen molar-refractivity contribution in [1.82, 2.24) is 4.90 Å². The van der Waals surface area contributed by atoms with Gasteiger partial charge in [-0.3, -0.25) is 9.69 Å². The standard InChI is InChI=1S/C14H22N2O2/c1-3-16(10-14(15)18)11(2)4-5-12-6-8-13(17)9-7-12/h6-9,11,17H,3-5,10H2,1-2H3,(H2,15,18). The Morgan fingerprint density at radius 2 is 2.00 bits per heavy atom. The molecule has 1 amide bonds. The van der Waals surface area contributed by atoms with Crippen LogP contribution in [0.1, 0.15) is 25.8 Å². The number of phenols is 1.